The first-order valence-corrected chi connectivity index (χ1v) is 6.83. The van der Waals surface area contributed by atoms with Crippen molar-refractivity contribution in [1.29, 1.82) is 0 Å². The van der Waals surface area contributed by atoms with Crippen LogP contribution in [-0.4, -0.2) is 30.2 Å². The summed E-state index contributed by atoms with van der Waals surface area (Å²) in [6, 6.07) is 4.38. The number of ether oxygens (including phenoxy) is 3. The molecule has 1 fully saturated rings. The Labute approximate surface area is 118 Å². The van der Waals surface area contributed by atoms with Gasteiger partial charge in [-0.15, -0.1) is 0 Å². The van der Waals surface area contributed by atoms with Crippen LogP contribution in [0.5, 0.6) is 5.75 Å². The molecule has 5 heteroatoms. The third-order valence-electron chi connectivity index (χ3n) is 3.22. The quantitative estimate of drug-likeness (QED) is 0.903. The van der Waals surface area contributed by atoms with Gasteiger partial charge in [0, 0.05) is 5.56 Å². The van der Waals surface area contributed by atoms with E-state index in [9.17, 15) is 9.50 Å². The van der Waals surface area contributed by atoms with Gasteiger partial charge in [-0.2, -0.15) is 0 Å². The summed E-state index contributed by atoms with van der Waals surface area (Å²) in [4.78, 5) is 0. The van der Waals surface area contributed by atoms with Gasteiger partial charge in [-0.3, -0.25) is 0 Å². The van der Waals surface area contributed by atoms with E-state index in [4.69, 9.17) is 14.2 Å². The molecule has 1 aromatic carbocycles. The van der Waals surface area contributed by atoms with Gasteiger partial charge in [-0.05, 0) is 38.5 Å². The lowest BCUT2D eigenvalue weighted by atomic mass is 10.1. The zero-order chi connectivity index (χ0) is 14.8. The number of aliphatic hydroxyl groups excluding tert-OH is 1. The highest BCUT2D eigenvalue weighted by Gasteiger charge is 2.33. The third kappa shape index (κ3) is 3.69. The molecule has 2 rings (SSSR count). The van der Waals surface area contributed by atoms with E-state index in [0.717, 1.165) is 0 Å². The van der Waals surface area contributed by atoms with Crippen LogP contribution in [0.4, 0.5) is 4.39 Å². The van der Waals surface area contributed by atoms with Crippen LogP contribution in [0.3, 0.4) is 0 Å². The second-order valence-corrected chi connectivity index (χ2v) is 5.37. The average molecular weight is 284 g/mol. The minimum atomic E-state index is -0.816. The number of benzene rings is 1. The maximum absolute atomic E-state index is 13.6. The fourth-order valence-corrected chi connectivity index (χ4v) is 2.12. The van der Waals surface area contributed by atoms with Crippen molar-refractivity contribution in [3.63, 3.8) is 0 Å². The molecule has 0 radical (unpaired) electrons. The Hall–Kier alpha value is -1.17. The van der Waals surface area contributed by atoms with Gasteiger partial charge < -0.3 is 19.3 Å². The molecule has 1 aromatic rings. The Balaban J connectivity index is 1.97. The lowest BCUT2D eigenvalue weighted by Gasteiger charge is -2.17. The molecule has 1 N–H and O–H groups in total. The highest BCUT2D eigenvalue weighted by atomic mass is 19.1. The molecule has 1 aliphatic heterocycles. The Morgan fingerprint density at radius 1 is 1.50 bits per heavy atom. The van der Waals surface area contributed by atoms with Gasteiger partial charge in [0.1, 0.15) is 24.3 Å². The molecule has 4 nitrogen and oxygen atoms in total. The first kappa shape index (κ1) is 15.2. The minimum Gasteiger partial charge on any atom is -0.491 e. The third-order valence-corrected chi connectivity index (χ3v) is 3.22. The minimum absolute atomic E-state index is 0.144. The number of hydrogen-bond donors (Lipinski definition) is 1. The van der Waals surface area contributed by atoms with Gasteiger partial charge >= 0.3 is 0 Å². The normalized spacial score (nSPS) is 22.8. The predicted octanol–water partition coefficient (Wildman–Crippen LogP) is 2.80. The first-order valence-electron chi connectivity index (χ1n) is 6.83. The van der Waals surface area contributed by atoms with Gasteiger partial charge in [0.05, 0.1) is 12.7 Å². The number of aliphatic hydroxyl groups is 1. The van der Waals surface area contributed by atoms with E-state index in [0.29, 0.717) is 25.4 Å². The Bertz CT molecular complexity index is 461. The predicted molar refractivity (Wildman–Crippen MR) is 72.0 cm³/mol. The maximum atomic E-state index is 13.6. The van der Waals surface area contributed by atoms with Crippen LogP contribution >= 0.6 is 0 Å². The SMILES string of the molecule is CC[C@@H](O)c1cc(OC[C@H]2COC(C)(C)O2)ccc1F. The standard InChI is InChI=1S/C15H21FO4/c1-4-14(17)12-7-10(5-6-13(12)16)18-8-11-9-19-15(2,3)20-11/h5-7,11,14,17H,4,8-9H2,1-3H3/t11-,14+/m0/s1. The van der Waals surface area contributed by atoms with Crippen molar-refractivity contribution in [3.8, 4) is 5.75 Å². The molecular formula is C15H21FO4. The van der Waals surface area contributed by atoms with Crippen LogP contribution < -0.4 is 4.74 Å². The average Bonchev–Trinajstić information content (AvgIpc) is 2.76. The van der Waals surface area contributed by atoms with E-state index in [2.05, 4.69) is 0 Å². The van der Waals surface area contributed by atoms with Gasteiger partial charge in [0.15, 0.2) is 5.79 Å². The summed E-state index contributed by atoms with van der Waals surface area (Å²) in [5.74, 6) is -0.490. The van der Waals surface area contributed by atoms with Crippen molar-refractivity contribution in [2.45, 2.75) is 45.2 Å². The summed E-state index contributed by atoms with van der Waals surface area (Å²) < 4.78 is 30.2. The Kier molecular flexibility index (Phi) is 4.62. The molecule has 20 heavy (non-hydrogen) atoms. The smallest absolute Gasteiger partial charge is 0.163 e. The van der Waals surface area contributed by atoms with E-state index in [1.54, 1.807) is 13.0 Å². The van der Waals surface area contributed by atoms with Gasteiger partial charge in [-0.25, -0.2) is 4.39 Å². The van der Waals surface area contributed by atoms with Gasteiger partial charge in [-0.1, -0.05) is 6.92 Å². The van der Waals surface area contributed by atoms with Crippen molar-refractivity contribution in [2.75, 3.05) is 13.2 Å². The topological polar surface area (TPSA) is 47.9 Å². The van der Waals surface area contributed by atoms with E-state index in [-0.39, 0.29) is 11.7 Å². The summed E-state index contributed by atoms with van der Waals surface area (Å²) in [5.41, 5.74) is 0.258. The zero-order valence-corrected chi connectivity index (χ0v) is 12.1. The van der Waals surface area contributed by atoms with Crippen molar-refractivity contribution in [2.24, 2.45) is 0 Å². The maximum Gasteiger partial charge on any atom is 0.163 e. The van der Waals surface area contributed by atoms with Crippen molar-refractivity contribution in [3.05, 3.63) is 29.6 Å². The largest absolute Gasteiger partial charge is 0.491 e. The molecule has 0 aromatic heterocycles. The summed E-state index contributed by atoms with van der Waals surface area (Å²) in [7, 11) is 0. The lowest BCUT2D eigenvalue weighted by Crippen LogP contribution is -2.25. The molecule has 1 saturated heterocycles. The van der Waals surface area contributed by atoms with Crippen molar-refractivity contribution in [1.82, 2.24) is 0 Å². The molecule has 0 amide bonds. The van der Waals surface area contributed by atoms with Crippen LogP contribution in [0.1, 0.15) is 38.9 Å². The summed E-state index contributed by atoms with van der Waals surface area (Å²) in [6.07, 6.45) is -0.508. The number of hydrogen-bond acceptors (Lipinski definition) is 4. The molecule has 1 heterocycles. The molecule has 0 spiro atoms. The molecule has 0 bridgehead atoms. The van der Waals surface area contributed by atoms with E-state index < -0.39 is 17.7 Å². The van der Waals surface area contributed by atoms with E-state index in [1.165, 1.54) is 12.1 Å². The number of rotatable bonds is 5. The molecular weight excluding hydrogens is 263 g/mol. The van der Waals surface area contributed by atoms with Crippen LogP contribution in [0.15, 0.2) is 18.2 Å². The van der Waals surface area contributed by atoms with Crippen LogP contribution in [0.25, 0.3) is 0 Å². The molecule has 2 atom stereocenters. The van der Waals surface area contributed by atoms with Crippen molar-refractivity contribution < 1.29 is 23.7 Å². The monoisotopic (exact) mass is 284 g/mol. The molecule has 0 saturated carbocycles. The summed E-state index contributed by atoms with van der Waals surface area (Å²) in [6.45, 7) is 6.29. The Morgan fingerprint density at radius 3 is 2.85 bits per heavy atom. The Morgan fingerprint density at radius 2 is 2.25 bits per heavy atom. The van der Waals surface area contributed by atoms with E-state index in [1.807, 2.05) is 13.8 Å². The van der Waals surface area contributed by atoms with Crippen LogP contribution in [0.2, 0.25) is 0 Å². The van der Waals surface area contributed by atoms with Gasteiger partial charge in [0.25, 0.3) is 0 Å². The molecule has 112 valence electrons. The van der Waals surface area contributed by atoms with Crippen LogP contribution in [-0.2, 0) is 9.47 Å². The summed E-state index contributed by atoms with van der Waals surface area (Å²) in [5, 5.41) is 9.74. The molecule has 0 unspecified atom stereocenters. The van der Waals surface area contributed by atoms with E-state index >= 15 is 0 Å². The molecule has 1 aliphatic rings. The fraction of sp³-hybridized carbons (Fsp3) is 0.600. The number of halogens is 1. The second-order valence-electron chi connectivity index (χ2n) is 5.37. The zero-order valence-electron chi connectivity index (χ0n) is 12.1. The first-order chi connectivity index (χ1) is 9.41. The van der Waals surface area contributed by atoms with Gasteiger partial charge in [0.2, 0.25) is 0 Å². The fourth-order valence-electron chi connectivity index (χ4n) is 2.12. The highest BCUT2D eigenvalue weighted by molar-refractivity contribution is 5.31. The van der Waals surface area contributed by atoms with Crippen LogP contribution in [0, 0.1) is 5.82 Å². The lowest BCUT2D eigenvalue weighted by molar-refractivity contribution is -0.141. The summed E-state index contributed by atoms with van der Waals surface area (Å²) >= 11 is 0. The second kappa shape index (κ2) is 6.08. The van der Waals surface area contributed by atoms with Crippen molar-refractivity contribution >= 4 is 0 Å². The molecule has 0 aliphatic carbocycles. The highest BCUT2D eigenvalue weighted by Crippen LogP contribution is 2.26.